The van der Waals surface area contributed by atoms with Crippen LogP contribution in [0, 0.1) is 0 Å². The van der Waals surface area contributed by atoms with Gasteiger partial charge in [-0.05, 0) is 41.9 Å². The number of hydrogen-bond donors (Lipinski definition) is 1. The van der Waals surface area contributed by atoms with Crippen molar-refractivity contribution in [3.05, 3.63) is 22.7 Å². The summed E-state index contributed by atoms with van der Waals surface area (Å²) >= 11 is 3.53. The van der Waals surface area contributed by atoms with E-state index in [1.54, 1.807) is 0 Å². The van der Waals surface area contributed by atoms with E-state index in [-0.39, 0.29) is 0 Å². The lowest BCUT2D eigenvalue weighted by Gasteiger charge is -2.35. The average molecular weight is 286 g/mol. The van der Waals surface area contributed by atoms with E-state index < -0.39 is 5.60 Å². The maximum absolute atomic E-state index is 9.89. The molecule has 0 fully saturated rings. The molecule has 0 aromatic heterocycles. The monoisotopic (exact) mass is 285 g/mol. The number of para-hydroxylation sites is 1. The van der Waals surface area contributed by atoms with Crippen molar-refractivity contribution in [3.63, 3.8) is 0 Å². The molecule has 0 aliphatic carbocycles. The minimum atomic E-state index is -0.704. The van der Waals surface area contributed by atoms with Crippen molar-refractivity contribution < 1.29 is 9.84 Å². The summed E-state index contributed by atoms with van der Waals surface area (Å²) in [6.07, 6.45) is 0. The summed E-state index contributed by atoms with van der Waals surface area (Å²) in [6, 6.07) is 5.90. The van der Waals surface area contributed by atoms with Gasteiger partial charge in [-0.25, -0.2) is 0 Å². The Morgan fingerprint density at radius 1 is 1.50 bits per heavy atom. The van der Waals surface area contributed by atoms with E-state index >= 15 is 0 Å². The lowest BCUT2D eigenvalue weighted by atomic mass is 10.1. The highest BCUT2D eigenvalue weighted by molar-refractivity contribution is 9.10. The Morgan fingerprint density at radius 2 is 2.25 bits per heavy atom. The number of hydrogen-bond acceptors (Lipinski definition) is 3. The SMILES string of the molecule is CC(C)(O)CN1CCOc2cccc(Br)c21. The Balaban J connectivity index is 2.32. The van der Waals surface area contributed by atoms with Crippen LogP contribution in [0.5, 0.6) is 5.75 Å². The third-order valence-corrected chi connectivity index (χ3v) is 3.10. The number of aliphatic hydroxyl groups is 1. The molecule has 1 aliphatic rings. The third kappa shape index (κ3) is 2.50. The van der Waals surface area contributed by atoms with Crippen LogP contribution in [0.2, 0.25) is 0 Å². The average Bonchev–Trinajstić information content (AvgIpc) is 2.15. The molecule has 1 aromatic rings. The van der Waals surface area contributed by atoms with Crippen LogP contribution in [-0.4, -0.2) is 30.4 Å². The highest BCUT2D eigenvalue weighted by atomic mass is 79.9. The van der Waals surface area contributed by atoms with Crippen molar-refractivity contribution in [2.75, 3.05) is 24.6 Å². The molecule has 1 aromatic carbocycles. The minimum Gasteiger partial charge on any atom is -0.490 e. The van der Waals surface area contributed by atoms with Gasteiger partial charge in [0.1, 0.15) is 12.4 Å². The Morgan fingerprint density at radius 3 is 2.94 bits per heavy atom. The fourth-order valence-electron chi connectivity index (χ4n) is 1.92. The van der Waals surface area contributed by atoms with Gasteiger partial charge >= 0.3 is 0 Å². The largest absolute Gasteiger partial charge is 0.490 e. The fraction of sp³-hybridized carbons (Fsp3) is 0.500. The number of rotatable bonds is 2. The summed E-state index contributed by atoms with van der Waals surface area (Å²) in [4.78, 5) is 2.16. The predicted octanol–water partition coefficient (Wildman–Crippen LogP) is 2.42. The van der Waals surface area contributed by atoms with Crippen molar-refractivity contribution in [1.29, 1.82) is 0 Å². The summed E-state index contributed by atoms with van der Waals surface area (Å²) in [5, 5.41) is 9.89. The standard InChI is InChI=1S/C12H16BrNO2/c1-12(2,15)8-14-6-7-16-10-5-3-4-9(13)11(10)14/h3-5,15H,6-8H2,1-2H3. The van der Waals surface area contributed by atoms with Crippen LogP contribution >= 0.6 is 15.9 Å². The van der Waals surface area contributed by atoms with E-state index in [4.69, 9.17) is 4.74 Å². The summed E-state index contributed by atoms with van der Waals surface area (Å²) in [6.45, 7) is 5.71. The van der Waals surface area contributed by atoms with Crippen molar-refractivity contribution in [2.24, 2.45) is 0 Å². The van der Waals surface area contributed by atoms with Crippen LogP contribution < -0.4 is 9.64 Å². The van der Waals surface area contributed by atoms with Crippen LogP contribution in [0.1, 0.15) is 13.8 Å². The van der Waals surface area contributed by atoms with Crippen LogP contribution in [0.4, 0.5) is 5.69 Å². The molecule has 1 heterocycles. The minimum absolute atomic E-state index is 0.603. The smallest absolute Gasteiger partial charge is 0.143 e. The second-order valence-electron chi connectivity index (χ2n) is 4.67. The molecule has 0 spiro atoms. The topological polar surface area (TPSA) is 32.7 Å². The van der Waals surface area contributed by atoms with Gasteiger partial charge in [-0.1, -0.05) is 6.07 Å². The summed E-state index contributed by atoms with van der Waals surface area (Å²) in [5.41, 5.74) is 0.333. The number of nitrogens with zero attached hydrogens (tertiary/aromatic N) is 1. The van der Waals surface area contributed by atoms with Gasteiger partial charge in [0.25, 0.3) is 0 Å². The maximum atomic E-state index is 9.89. The number of ether oxygens (including phenoxy) is 1. The van der Waals surface area contributed by atoms with Crippen LogP contribution in [-0.2, 0) is 0 Å². The Labute approximate surface area is 104 Å². The number of anilines is 1. The molecule has 0 unspecified atom stereocenters. The quantitative estimate of drug-likeness (QED) is 0.906. The van der Waals surface area contributed by atoms with Gasteiger partial charge in [-0.2, -0.15) is 0 Å². The molecule has 1 N–H and O–H groups in total. The molecule has 1 aliphatic heterocycles. The number of halogens is 1. The predicted molar refractivity (Wildman–Crippen MR) is 68.1 cm³/mol. The van der Waals surface area contributed by atoms with Crippen LogP contribution in [0.3, 0.4) is 0 Å². The molecule has 16 heavy (non-hydrogen) atoms. The van der Waals surface area contributed by atoms with Gasteiger partial charge in [0.2, 0.25) is 0 Å². The molecule has 0 amide bonds. The molecule has 0 radical (unpaired) electrons. The van der Waals surface area contributed by atoms with Gasteiger partial charge in [0, 0.05) is 11.0 Å². The second kappa shape index (κ2) is 4.26. The zero-order chi connectivity index (χ0) is 11.8. The van der Waals surface area contributed by atoms with E-state index in [1.807, 2.05) is 32.0 Å². The Bertz CT molecular complexity index is 387. The normalized spacial score (nSPS) is 15.6. The summed E-state index contributed by atoms with van der Waals surface area (Å²) < 4.78 is 6.60. The third-order valence-electron chi connectivity index (χ3n) is 2.46. The molecule has 88 valence electrons. The van der Waals surface area contributed by atoms with Crippen molar-refractivity contribution in [1.82, 2.24) is 0 Å². The first kappa shape index (κ1) is 11.7. The molecule has 4 heteroatoms. The lowest BCUT2D eigenvalue weighted by molar-refractivity contribution is 0.0854. The zero-order valence-electron chi connectivity index (χ0n) is 9.53. The van der Waals surface area contributed by atoms with Crippen molar-refractivity contribution in [2.45, 2.75) is 19.4 Å². The first-order valence-corrected chi connectivity index (χ1v) is 6.15. The molecule has 0 atom stereocenters. The lowest BCUT2D eigenvalue weighted by Crippen LogP contribution is -2.42. The van der Waals surface area contributed by atoms with Gasteiger partial charge in [0.05, 0.1) is 17.8 Å². The maximum Gasteiger partial charge on any atom is 0.143 e. The number of fused-ring (bicyclic) bond motifs is 1. The Hall–Kier alpha value is -0.740. The van der Waals surface area contributed by atoms with Gasteiger partial charge in [-0.15, -0.1) is 0 Å². The van der Waals surface area contributed by atoms with E-state index in [1.165, 1.54) is 0 Å². The van der Waals surface area contributed by atoms with Crippen molar-refractivity contribution >= 4 is 21.6 Å². The van der Waals surface area contributed by atoms with E-state index in [2.05, 4.69) is 20.8 Å². The number of β-amino-alcohol motifs (C(OH)–C–C–N with tert-alkyl or cyclic N) is 1. The van der Waals surface area contributed by atoms with Gasteiger partial charge < -0.3 is 14.7 Å². The summed E-state index contributed by atoms with van der Waals surface area (Å²) in [7, 11) is 0. The molecule has 0 saturated heterocycles. The van der Waals surface area contributed by atoms with Gasteiger partial charge in [-0.3, -0.25) is 0 Å². The molecule has 2 rings (SSSR count). The summed E-state index contributed by atoms with van der Waals surface area (Å²) in [5.74, 6) is 0.880. The first-order valence-electron chi connectivity index (χ1n) is 5.36. The molecule has 0 saturated carbocycles. The van der Waals surface area contributed by atoms with Crippen LogP contribution in [0.25, 0.3) is 0 Å². The van der Waals surface area contributed by atoms with Gasteiger partial charge in [0.15, 0.2) is 0 Å². The van der Waals surface area contributed by atoms with Crippen LogP contribution in [0.15, 0.2) is 22.7 Å². The molecule has 3 nitrogen and oxygen atoms in total. The number of benzene rings is 1. The first-order chi connectivity index (χ1) is 7.47. The van der Waals surface area contributed by atoms with E-state index in [0.29, 0.717) is 13.2 Å². The second-order valence-corrected chi connectivity index (χ2v) is 5.52. The zero-order valence-corrected chi connectivity index (χ0v) is 11.1. The molecular formula is C12H16BrNO2. The van der Waals surface area contributed by atoms with Crippen molar-refractivity contribution in [3.8, 4) is 5.75 Å². The highest BCUT2D eigenvalue weighted by Crippen LogP contribution is 2.38. The highest BCUT2D eigenvalue weighted by Gasteiger charge is 2.25. The van der Waals surface area contributed by atoms with E-state index in [0.717, 1.165) is 22.5 Å². The fourth-order valence-corrected chi connectivity index (χ4v) is 2.52. The van der Waals surface area contributed by atoms with E-state index in [9.17, 15) is 5.11 Å². The molecule has 0 bridgehead atoms. The Kier molecular flexibility index (Phi) is 3.13. The molecular weight excluding hydrogens is 270 g/mol.